The molecule has 0 aliphatic heterocycles. The number of benzene rings is 1. The normalized spacial score (nSPS) is 14.1. The molecule has 0 fully saturated rings. The minimum atomic E-state index is -1.30. The van der Waals surface area contributed by atoms with Crippen molar-refractivity contribution < 1.29 is 9.90 Å². The Morgan fingerprint density at radius 1 is 1.59 bits per heavy atom. The van der Waals surface area contributed by atoms with E-state index in [1.165, 1.54) is 6.92 Å². The van der Waals surface area contributed by atoms with Gasteiger partial charge in [0.1, 0.15) is 5.54 Å². The number of carboxylic acids is 1. The summed E-state index contributed by atoms with van der Waals surface area (Å²) in [6, 6.07) is 4.92. The summed E-state index contributed by atoms with van der Waals surface area (Å²) >= 11 is 11.9. The van der Waals surface area contributed by atoms with Gasteiger partial charge in [0.2, 0.25) is 0 Å². The van der Waals surface area contributed by atoms with Gasteiger partial charge in [0.25, 0.3) is 0 Å². The lowest BCUT2D eigenvalue weighted by Crippen LogP contribution is -2.46. The maximum atomic E-state index is 11.4. The van der Waals surface area contributed by atoms with Crippen LogP contribution in [0, 0.1) is 0 Å². The highest BCUT2D eigenvalue weighted by Crippen LogP contribution is 2.33. The molecule has 0 radical (unpaired) electrons. The smallest absolute Gasteiger partial charge is 0.328 e. The molecule has 0 bridgehead atoms. The minimum Gasteiger partial charge on any atom is -0.480 e. The second-order valence-electron chi connectivity index (χ2n) is 3.70. The third-order valence-corrected chi connectivity index (χ3v) is 3.34. The molecule has 2 N–H and O–H groups in total. The molecule has 1 atom stereocenters. The molecule has 92 valence electrons. The lowest BCUT2D eigenvalue weighted by Gasteiger charge is -2.27. The highest BCUT2D eigenvalue weighted by molar-refractivity contribution is 6.42. The SMILES string of the molecule is C=CCNC(C)(C(=O)O)c1cccc(Cl)c1Cl. The Bertz CT molecular complexity index is 448. The summed E-state index contributed by atoms with van der Waals surface area (Å²) < 4.78 is 0. The van der Waals surface area contributed by atoms with Crippen molar-refractivity contribution in [2.24, 2.45) is 0 Å². The van der Waals surface area contributed by atoms with Crippen LogP contribution in [0.3, 0.4) is 0 Å². The first-order valence-electron chi connectivity index (χ1n) is 4.97. The topological polar surface area (TPSA) is 49.3 Å². The van der Waals surface area contributed by atoms with Gasteiger partial charge < -0.3 is 5.11 Å². The molecule has 0 saturated carbocycles. The Morgan fingerprint density at radius 3 is 2.76 bits per heavy atom. The highest BCUT2D eigenvalue weighted by atomic mass is 35.5. The highest BCUT2D eigenvalue weighted by Gasteiger charge is 2.36. The Morgan fingerprint density at radius 2 is 2.24 bits per heavy atom. The molecule has 0 aromatic heterocycles. The molecule has 17 heavy (non-hydrogen) atoms. The van der Waals surface area contributed by atoms with E-state index in [9.17, 15) is 9.90 Å². The number of carbonyl (C=O) groups is 1. The Kier molecular flexibility index (Phi) is 4.57. The molecule has 1 aromatic rings. The van der Waals surface area contributed by atoms with Crippen molar-refractivity contribution in [1.29, 1.82) is 0 Å². The second kappa shape index (κ2) is 5.54. The monoisotopic (exact) mass is 273 g/mol. The summed E-state index contributed by atoms with van der Waals surface area (Å²) in [5, 5.41) is 12.8. The van der Waals surface area contributed by atoms with Gasteiger partial charge in [0, 0.05) is 12.1 Å². The molecule has 1 aromatic carbocycles. The fourth-order valence-corrected chi connectivity index (χ4v) is 1.94. The molecule has 5 heteroatoms. The lowest BCUT2D eigenvalue weighted by atomic mass is 9.92. The average molecular weight is 274 g/mol. The average Bonchev–Trinajstić information content (AvgIpc) is 2.29. The van der Waals surface area contributed by atoms with E-state index < -0.39 is 11.5 Å². The van der Waals surface area contributed by atoms with E-state index in [0.717, 1.165) is 0 Å². The predicted octanol–water partition coefficient (Wildman–Crippen LogP) is 3.07. The van der Waals surface area contributed by atoms with Crippen LogP contribution in [0.2, 0.25) is 10.0 Å². The van der Waals surface area contributed by atoms with Crippen LogP contribution in [-0.2, 0) is 10.3 Å². The van der Waals surface area contributed by atoms with Gasteiger partial charge in [-0.3, -0.25) is 5.32 Å². The number of aliphatic carboxylic acids is 1. The van der Waals surface area contributed by atoms with Crippen molar-refractivity contribution in [3.63, 3.8) is 0 Å². The van der Waals surface area contributed by atoms with Crippen LogP contribution in [0.4, 0.5) is 0 Å². The quantitative estimate of drug-likeness (QED) is 0.811. The van der Waals surface area contributed by atoms with Gasteiger partial charge in [-0.05, 0) is 13.0 Å². The minimum absolute atomic E-state index is 0.246. The van der Waals surface area contributed by atoms with Gasteiger partial charge in [-0.15, -0.1) is 6.58 Å². The summed E-state index contributed by atoms with van der Waals surface area (Å²) in [5.74, 6) is -1.02. The molecule has 1 rings (SSSR count). The molecule has 3 nitrogen and oxygen atoms in total. The van der Waals surface area contributed by atoms with E-state index in [1.807, 2.05) is 0 Å². The Labute approximate surface area is 110 Å². The number of hydrogen-bond acceptors (Lipinski definition) is 2. The van der Waals surface area contributed by atoms with Crippen LogP contribution in [0.25, 0.3) is 0 Å². The third kappa shape index (κ3) is 2.80. The molecule has 0 spiro atoms. The van der Waals surface area contributed by atoms with E-state index >= 15 is 0 Å². The summed E-state index contributed by atoms with van der Waals surface area (Å²) in [4.78, 5) is 11.4. The van der Waals surface area contributed by atoms with Gasteiger partial charge in [0.05, 0.1) is 10.0 Å². The number of rotatable bonds is 5. The van der Waals surface area contributed by atoms with E-state index in [-0.39, 0.29) is 5.02 Å². The number of halogens is 2. The van der Waals surface area contributed by atoms with Gasteiger partial charge in [-0.1, -0.05) is 41.4 Å². The van der Waals surface area contributed by atoms with Crippen molar-refractivity contribution in [3.8, 4) is 0 Å². The van der Waals surface area contributed by atoms with Gasteiger partial charge in [0.15, 0.2) is 0 Å². The fourth-order valence-electron chi connectivity index (χ4n) is 1.45. The number of hydrogen-bond donors (Lipinski definition) is 2. The van der Waals surface area contributed by atoms with E-state index in [0.29, 0.717) is 17.1 Å². The van der Waals surface area contributed by atoms with E-state index in [2.05, 4.69) is 11.9 Å². The Balaban J connectivity index is 3.27. The van der Waals surface area contributed by atoms with Crippen molar-refractivity contribution in [1.82, 2.24) is 5.32 Å². The first kappa shape index (κ1) is 14.0. The zero-order valence-corrected chi connectivity index (χ0v) is 10.8. The maximum absolute atomic E-state index is 11.4. The van der Waals surface area contributed by atoms with E-state index in [1.54, 1.807) is 24.3 Å². The summed E-state index contributed by atoms with van der Waals surface area (Å²) in [5.41, 5.74) is -0.864. The fraction of sp³-hybridized carbons (Fsp3) is 0.250. The zero-order valence-electron chi connectivity index (χ0n) is 9.34. The first-order chi connectivity index (χ1) is 7.93. The third-order valence-electron chi connectivity index (χ3n) is 2.52. The molecule has 0 aliphatic carbocycles. The van der Waals surface area contributed by atoms with Crippen LogP contribution in [-0.4, -0.2) is 17.6 Å². The number of nitrogens with one attached hydrogen (secondary N) is 1. The second-order valence-corrected chi connectivity index (χ2v) is 4.49. The molecular weight excluding hydrogens is 261 g/mol. The molecule has 0 heterocycles. The summed E-state index contributed by atoms with van der Waals surface area (Å²) in [7, 11) is 0. The first-order valence-corrected chi connectivity index (χ1v) is 5.73. The van der Waals surface area contributed by atoms with Crippen LogP contribution in [0.5, 0.6) is 0 Å². The van der Waals surface area contributed by atoms with Gasteiger partial charge in [-0.25, -0.2) is 4.79 Å². The van der Waals surface area contributed by atoms with Crippen molar-refractivity contribution in [3.05, 3.63) is 46.5 Å². The van der Waals surface area contributed by atoms with Crippen LogP contribution >= 0.6 is 23.2 Å². The number of carboxylic acid groups (broad SMARTS) is 1. The maximum Gasteiger partial charge on any atom is 0.328 e. The standard InChI is InChI=1S/C12H13Cl2NO2/c1-3-7-15-12(2,11(16)17)8-5-4-6-9(13)10(8)14/h3-6,15H,1,7H2,2H3,(H,16,17). The molecule has 0 amide bonds. The van der Waals surface area contributed by atoms with Crippen molar-refractivity contribution in [2.45, 2.75) is 12.5 Å². The van der Waals surface area contributed by atoms with Crippen molar-refractivity contribution >= 4 is 29.2 Å². The largest absolute Gasteiger partial charge is 0.480 e. The van der Waals surface area contributed by atoms with Crippen LogP contribution in [0.1, 0.15) is 12.5 Å². The van der Waals surface area contributed by atoms with Crippen LogP contribution in [0.15, 0.2) is 30.9 Å². The van der Waals surface area contributed by atoms with Crippen molar-refractivity contribution in [2.75, 3.05) is 6.54 Å². The predicted molar refractivity (Wildman–Crippen MR) is 69.6 cm³/mol. The van der Waals surface area contributed by atoms with Gasteiger partial charge in [-0.2, -0.15) is 0 Å². The van der Waals surface area contributed by atoms with Gasteiger partial charge >= 0.3 is 5.97 Å². The lowest BCUT2D eigenvalue weighted by molar-refractivity contribution is -0.144. The molecule has 1 unspecified atom stereocenters. The Hall–Kier alpha value is -1.03. The van der Waals surface area contributed by atoms with E-state index in [4.69, 9.17) is 23.2 Å². The zero-order chi connectivity index (χ0) is 13.1. The van der Waals surface area contributed by atoms with Crippen LogP contribution < -0.4 is 5.32 Å². The summed E-state index contributed by atoms with van der Waals surface area (Å²) in [6.07, 6.45) is 1.58. The summed E-state index contributed by atoms with van der Waals surface area (Å²) in [6.45, 7) is 5.43. The molecule has 0 saturated heterocycles. The molecular formula is C12H13Cl2NO2. The molecule has 0 aliphatic rings.